The van der Waals surface area contributed by atoms with Gasteiger partial charge in [0.2, 0.25) is 17.7 Å². The molecule has 1 aliphatic heterocycles. The number of halogens is 2. The van der Waals surface area contributed by atoms with Gasteiger partial charge in [0.25, 0.3) is 0 Å². The van der Waals surface area contributed by atoms with Gasteiger partial charge in [-0.15, -0.1) is 0 Å². The van der Waals surface area contributed by atoms with Gasteiger partial charge in [-0.1, -0.05) is 31.9 Å². The summed E-state index contributed by atoms with van der Waals surface area (Å²) in [5.74, 6) is -0.337. The van der Waals surface area contributed by atoms with Crippen LogP contribution in [0.5, 0.6) is 0 Å². The van der Waals surface area contributed by atoms with E-state index in [1.165, 1.54) is 11.8 Å². The van der Waals surface area contributed by atoms with Gasteiger partial charge in [0.15, 0.2) is 0 Å². The lowest BCUT2D eigenvalue weighted by Crippen LogP contribution is -2.37. The van der Waals surface area contributed by atoms with E-state index in [-0.39, 0.29) is 51.0 Å². The highest BCUT2D eigenvalue weighted by Gasteiger charge is 2.66. The highest BCUT2D eigenvalue weighted by Crippen LogP contribution is 2.60. The van der Waals surface area contributed by atoms with Gasteiger partial charge in [-0.05, 0) is 42.5 Å². The van der Waals surface area contributed by atoms with Gasteiger partial charge >= 0.3 is 0 Å². The molecule has 0 spiro atoms. The molecule has 1 aromatic rings. The SMILES string of the molecule is CC(=O)Nc1ccc(N2C(=O)[C@@H]3[C@H]4C[C@@H]([C@H](Br)[C@H]4Br)[C@H]3C2=O)cc1. The van der Waals surface area contributed by atoms with Gasteiger partial charge in [-0.3, -0.25) is 19.3 Å². The molecule has 2 saturated carbocycles. The van der Waals surface area contributed by atoms with Gasteiger partial charge < -0.3 is 5.32 Å². The Hall–Kier alpha value is -1.21. The molecule has 24 heavy (non-hydrogen) atoms. The summed E-state index contributed by atoms with van der Waals surface area (Å²) >= 11 is 7.37. The average Bonchev–Trinajstić information content (AvgIpc) is 3.13. The first-order valence-electron chi connectivity index (χ1n) is 7.93. The third kappa shape index (κ3) is 2.20. The second kappa shape index (κ2) is 5.66. The lowest BCUT2D eigenvalue weighted by atomic mass is 9.81. The number of carbonyl (C=O) groups is 3. The van der Waals surface area contributed by atoms with Crippen LogP contribution in [0.15, 0.2) is 24.3 Å². The van der Waals surface area contributed by atoms with Crippen molar-refractivity contribution in [1.82, 2.24) is 0 Å². The number of nitrogens with zero attached hydrogens (tertiary/aromatic N) is 1. The Morgan fingerprint density at radius 3 is 2.00 bits per heavy atom. The monoisotopic (exact) mass is 454 g/mol. The molecule has 7 heteroatoms. The van der Waals surface area contributed by atoms with Crippen molar-refractivity contribution in [3.05, 3.63) is 24.3 Å². The lowest BCUT2D eigenvalue weighted by Gasteiger charge is -2.28. The topological polar surface area (TPSA) is 66.5 Å². The number of fused-ring (bicyclic) bond motifs is 5. The number of amides is 3. The predicted octanol–water partition coefficient (Wildman–Crippen LogP) is 2.93. The van der Waals surface area contributed by atoms with Crippen molar-refractivity contribution in [2.75, 3.05) is 10.2 Å². The Morgan fingerprint density at radius 2 is 1.54 bits per heavy atom. The molecular weight excluding hydrogens is 440 g/mol. The Morgan fingerprint density at radius 1 is 1.04 bits per heavy atom. The maximum atomic E-state index is 12.9. The number of benzene rings is 1. The summed E-state index contributed by atoms with van der Waals surface area (Å²) in [5, 5.41) is 2.68. The molecule has 126 valence electrons. The van der Waals surface area contributed by atoms with E-state index in [9.17, 15) is 14.4 Å². The molecule has 1 saturated heterocycles. The largest absolute Gasteiger partial charge is 0.326 e. The number of hydrogen-bond acceptors (Lipinski definition) is 3. The second-order valence-electron chi connectivity index (χ2n) is 6.74. The fraction of sp³-hybridized carbons (Fsp3) is 0.471. The standard InChI is InChI=1S/C17H16Br2N2O3/c1-7(22)20-8-2-4-9(5-3-8)21-16(23)12-10-6-11(13(12)17(21)24)15(19)14(10)18/h2-5,10-15H,6H2,1H3,(H,20,22)/t10-,11-,12-,13-,14+,15+/m1/s1. The molecule has 1 N–H and O–H groups in total. The van der Waals surface area contributed by atoms with Crippen LogP contribution in [0.4, 0.5) is 11.4 Å². The van der Waals surface area contributed by atoms with Crippen molar-refractivity contribution in [2.45, 2.75) is 23.0 Å². The molecule has 0 unspecified atom stereocenters. The zero-order valence-electron chi connectivity index (χ0n) is 12.9. The zero-order valence-corrected chi connectivity index (χ0v) is 16.1. The number of rotatable bonds is 2. The number of carbonyl (C=O) groups excluding carboxylic acids is 3. The van der Waals surface area contributed by atoms with Crippen LogP contribution >= 0.6 is 31.9 Å². The van der Waals surface area contributed by atoms with Gasteiger partial charge in [0, 0.05) is 22.3 Å². The third-order valence-corrected chi connectivity index (χ3v) is 8.64. The smallest absolute Gasteiger partial charge is 0.238 e. The fourth-order valence-electron chi connectivity index (χ4n) is 4.50. The van der Waals surface area contributed by atoms with Crippen molar-refractivity contribution in [3.63, 3.8) is 0 Å². The summed E-state index contributed by atoms with van der Waals surface area (Å²) in [5.41, 5.74) is 1.22. The molecule has 3 amide bonds. The lowest BCUT2D eigenvalue weighted by molar-refractivity contribution is -0.123. The summed E-state index contributed by atoms with van der Waals surface area (Å²) in [6, 6.07) is 6.84. The van der Waals surface area contributed by atoms with E-state index >= 15 is 0 Å². The maximum Gasteiger partial charge on any atom is 0.238 e. The summed E-state index contributed by atoms with van der Waals surface area (Å²) in [4.78, 5) is 38.7. The molecule has 0 aromatic heterocycles. The molecule has 3 aliphatic rings. The number of nitrogens with one attached hydrogen (secondary N) is 1. The summed E-state index contributed by atoms with van der Waals surface area (Å²) in [7, 11) is 0. The van der Waals surface area contributed by atoms with Crippen LogP contribution < -0.4 is 10.2 Å². The van der Waals surface area contributed by atoms with E-state index in [2.05, 4.69) is 37.2 Å². The Labute approximate surface area is 156 Å². The van der Waals surface area contributed by atoms with E-state index in [4.69, 9.17) is 0 Å². The third-order valence-electron chi connectivity index (χ3n) is 5.43. The van der Waals surface area contributed by atoms with Crippen LogP contribution in [0.1, 0.15) is 13.3 Å². The maximum absolute atomic E-state index is 12.9. The van der Waals surface area contributed by atoms with E-state index in [1.54, 1.807) is 24.3 Å². The number of hydrogen-bond donors (Lipinski definition) is 1. The molecule has 6 atom stereocenters. The van der Waals surface area contributed by atoms with Crippen LogP contribution in [-0.4, -0.2) is 27.4 Å². The molecule has 4 rings (SSSR count). The van der Waals surface area contributed by atoms with Crippen molar-refractivity contribution in [3.8, 4) is 0 Å². The zero-order chi connectivity index (χ0) is 17.2. The first-order valence-corrected chi connectivity index (χ1v) is 9.77. The van der Waals surface area contributed by atoms with Gasteiger partial charge in [0.05, 0.1) is 17.5 Å². The van der Waals surface area contributed by atoms with Crippen LogP contribution in [0.25, 0.3) is 0 Å². The summed E-state index contributed by atoms with van der Waals surface area (Å²) < 4.78 is 0. The molecular formula is C17H16Br2N2O3. The van der Waals surface area contributed by atoms with Crippen molar-refractivity contribution in [2.24, 2.45) is 23.7 Å². The highest BCUT2D eigenvalue weighted by atomic mass is 79.9. The Bertz CT molecular complexity index is 704. The van der Waals surface area contributed by atoms with Crippen LogP contribution in [-0.2, 0) is 14.4 Å². The summed E-state index contributed by atoms with van der Waals surface area (Å²) in [6.07, 6.45) is 0.925. The van der Waals surface area contributed by atoms with Crippen molar-refractivity contribution < 1.29 is 14.4 Å². The van der Waals surface area contributed by atoms with E-state index in [1.807, 2.05) is 0 Å². The molecule has 1 aromatic carbocycles. The van der Waals surface area contributed by atoms with E-state index < -0.39 is 0 Å². The molecule has 1 heterocycles. The molecule has 3 fully saturated rings. The molecule has 5 nitrogen and oxygen atoms in total. The van der Waals surface area contributed by atoms with Crippen LogP contribution in [0.3, 0.4) is 0 Å². The average molecular weight is 456 g/mol. The van der Waals surface area contributed by atoms with Crippen LogP contribution in [0.2, 0.25) is 0 Å². The minimum Gasteiger partial charge on any atom is -0.326 e. The first kappa shape index (κ1) is 16.3. The van der Waals surface area contributed by atoms with Crippen molar-refractivity contribution in [1.29, 1.82) is 0 Å². The normalized spacial score (nSPS) is 37.0. The number of alkyl halides is 2. The van der Waals surface area contributed by atoms with Gasteiger partial charge in [-0.2, -0.15) is 0 Å². The second-order valence-corrected chi connectivity index (χ2v) is 8.86. The van der Waals surface area contributed by atoms with E-state index in [0.29, 0.717) is 11.4 Å². The Kier molecular flexibility index (Phi) is 3.84. The van der Waals surface area contributed by atoms with Gasteiger partial charge in [-0.25, -0.2) is 0 Å². The fourth-order valence-corrected chi connectivity index (χ4v) is 6.37. The van der Waals surface area contributed by atoms with Crippen LogP contribution in [0, 0.1) is 23.7 Å². The van der Waals surface area contributed by atoms with Crippen molar-refractivity contribution >= 4 is 61.0 Å². The molecule has 0 radical (unpaired) electrons. The predicted molar refractivity (Wildman–Crippen MR) is 97.2 cm³/mol. The Balaban J connectivity index is 1.63. The number of imide groups is 1. The molecule has 2 aliphatic carbocycles. The highest BCUT2D eigenvalue weighted by molar-refractivity contribution is 9.12. The minimum atomic E-state index is -0.212. The number of anilines is 2. The quantitative estimate of drug-likeness (QED) is 0.550. The molecule has 2 bridgehead atoms. The first-order chi connectivity index (χ1) is 11.4. The minimum absolute atomic E-state index is 0.0892. The van der Waals surface area contributed by atoms with E-state index in [0.717, 1.165) is 6.42 Å². The van der Waals surface area contributed by atoms with Gasteiger partial charge in [0.1, 0.15) is 0 Å². The summed E-state index contributed by atoms with van der Waals surface area (Å²) in [6.45, 7) is 1.44.